The second kappa shape index (κ2) is 13.3. The van der Waals surface area contributed by atoms with Crippen LogP contribution in [0.25, 0.3) is 0 Å². The van der Waals surface area contributed by atoms with E-state index in [-0.39, 0.29) is 90.6 Å². The van der Waals surface area contributed by atoms with Gasteiger partial charge in [-0.1, -0.05) is 11.6 Å². The summed E-state index contributed by atoms with van der Waals surface area (Å²) in [6.07, 6.45) is 1.52. The molecule has 11 nitrogen and oxygen atoms in total. The monoisotopic (exact) mass is 679 g/mol. The number of hydrogen-bond donors (Lipinski definition) is 3. The van der Waals surface area contributed by atoms with Crippen molar-refractivity contribution in [3.63, 3.8) is 0 Å². The molecule has 4 heterocycles. The molecule has 1 aromatic heterocycles. The molecule has 2 aromatic rings. The van der Waals surface area contributed by atoms with Crippen molar-refractivity contribution in [2.24, 2.45) is 23.5 Å². The minimum absolute atomic E-state index is 0.0511. The van der Waals surface area contributed by atoms with Crippen molar-refractivity contribution < 1.29 is 26.8 Å². The van der Waals surface area contributed by atoms with Crippen molar-refractivity contribution in [2.45, 2.75) is 49.0 Å². The van der Waals surface area contributed by atoms with Crippen molar-refractivity contribution in [1.29, 1.82) is 0 Å². The van der Waals surface area contributed by atoms with E-state index in [2.05, 4.69) is 15.6 Å². The van der Waals surface area contributed by atoms with Crippen molar-refractivity contribution >= 4 is 44.9 Å². The number of amides is 2. The number of sulfonamides is 1. The molecule has 3 saturated heterocycles. The molecule has 0 radical (unpaired) electrons. The maximum absolute atomic E-state index is 15.9. The van der Waals surface area contributed by atoms with Gasteiger partial charge in [-0.2, -0.15) is 4.31 Å². The summed E-state index contributed by atoms with van der Waals surface area (Å²) in [5, 5.41) is 6.08. The number of carbonyl (C=O) groups is 2. The standard InChI is InChI=1S/C31H40ClF2N7O4S/c32-27-13-23(31(33,34)22-3-1-21(2-4-22)30(43)37-18-20-16-36-17-20)14-28(38-27)39-9-11-40(12-10-39)46(44,45)26-7-5-25(6-8-26)41-19-24(35)15-29(41)42/h5-8,13-14,20-22,24,36H,1-4,9-12,15-19,35H2,(H,37,43)/t21-,22-,24-/m1/s1. The van der Waals surface area contributed by atoms with Crippen LogP contribution in [0, 0.1) is 17.8 Å². The quantitative estimate of drug-likeness (QED) is 0.344. The molecular formula is C31H40ClF2N7O4S. The second-order valence-electron chi connectivity index (χ2n) is 12.8. The first-order chi connectivity index (χ1) is 21.9. The van der Waals surface area contributed by atoms with Crippen molar-refractivity contribution in [3.05, 3.63) is 47.1 Å². The molecular weight excluding hydrogens is 640 g/mol. The highest BCUT2D eigenvalue weighted by Gasteiger charge is 2.44. The summed E-state index contributed by atoms with van der Waals surface area (Å²) < 4.78 is 59.8. The van der Waals surface area contributed by atoms with Crippen LogP contribution in [0.4, 0.5) is 20.3 Å². The topological polar surface area (TPSA) is 141 Å². The zero-order valence-corrected chi connectivity index (χ0v) is 27.1. The number of hydrogen-bond acceptors (Lipinski definition) is 8. The van der Waals surface area contributed by atoms with Crippen molar-refractivity contribution in [3.8, 4) is 0 Å². The van der Waals surface area contributed by atoms with Gasteiger partial charge in [0.05, 0.1) is 4.90 Å². The Hall–Kier alpha value is -2.91. The van der Waals surface area contributed by atoms with E-state index in [0.29, 0.717) is 37.5 Å². The third kappa shape index (κ3) is 6.86. The molecule has 1 aliphatic carbocycles. The largest absolute Gasteiger partial charge is 0.355 e. The van der Waals surface area contributed by atoms with E-state index in [4.69, 9.17) is 17.3 Å². The molecule has 15 heteroatoms. The lowest BCUT2D eigenvalue weighted by atomic mass is 9.77. The van der Waals surface area contributed by atoms with Gasteiger partial charge in [-0.15, -0.1) is 0 Å². The molecule has 4 aliphatic rings. The number of nitrogens with one attached hydrogen (secondary N) is 2. The molecule has 0 spiro atoms. The summed E-state index contributed by atoms with van der Waals surface area (Å²) in [5.74, 6) is -3.78. The van der Waals surface area contributed by atoms with Crippen molar-refractivity contribution in [2.75, 3.05) is 62.2 Å². The van der Waals surface area contributed by atoms with Gasteiger partial charge in [0.1, 0.15) is 11.0 Å². The van der Waals surface area contributed by atoms with Crippen LogP contribution in [-0.4, -0.2) is 87.9 Å². The predicted molar refractivity (Wildman–Crippen MR) is 170 cm³/mol. The third-order valence-corrected chi connectivity index (χ3v) is 11.8. The minimum atomic E-state index is -3.82. The fourth-order valence-corrected chi connectivity index (χ4v) is 8.39. The van der Waals surface area contributed by atoms with Gasteiger partial charge in [0.15, 0.2) is 0 Å². The van der Waals surface area contributed by atoms with Crippen LogP contribution in [0.2, 0.25) is 5.15 Å². The molecule has 1 saturated carbocycles. The van der Waals surface area contributed by atoms with Gasteiger partial charge in [-0.25, -0.2) is 22.2 Å². The number of halogens is 3. The first-order valence-electron chi connectivity index (χ1n) is 15.9. The number of pyridine rings is 1. The normalized spacial score (nSPS) is 25.0. The minimum Gasteiger partial charge on any atom is -0.355 e. The Balaban J connectivity index is 1.06. The van der Waals surface area contributed by atoms with E-state index in [0.717, 1.165) is 13.1 Å². The number of piperazine rings is 1. The van der Waals surface area contributed by atoms with Crippen LogP contribution < -0.4 is 26.2 Å². The van der Waals surface area contributed by atoms with E-state index in [9.17, 15) is 18.0 Å². The SMILES string of the molecule is N[C@@H]1CC(=O)N(c2ccc(S(=O)(=O)N3CCN(c4cc(C(F)(F)[C@H]5CC[C@H](C(=O)NCC6CNC6)CC5)cc(Cl)n4)CC3)cc2)C1. The first kappa shape index (κ1) is 33.0. The second-order valence-corrected chi connectivity index (χ2v) is 15.2. The molecule has 4 N–H and O–H groups in total. The molecule has 4 fully saturated rings. The number of nitrogens with two attached hydrogens (primary N) is 1. The average molecular weight is 680 g/mol. The van der Waals surface area contributed by atoms with Crippen molar-refractivity contribution in [1.82, 2.24) is 19.9 Å². The van der Waals surface area contributed by atoms with E-state index >= 15 is 8.78 Å². The van der Waals surface area contributed by atoms with E-state index in [1.807, 2.05) is 0 Å². The van der Waals surface area contributed by atoms with E-state index in [1.54, 1.807) is 21.9 Å². The lowest BCUT2D eigenvalue weighted by Gasteiger charge is -2.36. The van der Waals surface area contributed by atoms with Crippen LogP contribution in [0.1, 0.15) is 37.7 Å². The number of rotatable bonds is 9. The molecule has 0 unspecified atom stereocenters. The Morgan fingerprint density at radius 3 is 2.33 bits per heavy atom. The number of alkyl halides is 2. The number of aromatic nitrogens is 1. The number of nitrogens with zero attached hydrogens (tertiary/aromatic N) is 4. The van der Waals surface area contributed by atoms with Gasteiger partial charge in [-0.05, 0) is 62.1 Å². The Bertz CT molecular complexity index is 1540. The van der Waals surface area contributed by atoms with Gasteiger partial charge >= 0.3 is 0 Å². The summed E-state index contributed by atoms with van der Waals surface area (Å²) in [6, 6.07) is 8.47. The Labute approximate surface area is 272 Å². The van der Waals surface area contributed by atoms with Crippen LogP contribution in [-0.2, 0) is 25.5 Å². The highest BCUT2D eigenvalue weighted by atomic mass is 35.5. The molecule has 46 heavy (non-hydrogen) atoms. The number of carbonyl (C=O) groups excluding carboxylic acids is 2. The maximum atomic E-state index is 15.9. The Kier molecular flexibility index (Phi) is 9.55. The molecule has 3 aliphatic heterocycles. The summed E-state index contributed by atoms with van der Waals surface area (Å²) in [4.78, 5) is 32.5. The third-order valence-electron chi connectivity index (χ3n) is 9.71. The summed E-state index contributed by atoms with van der Waals surface area (Å²) in [6.45, 7) is 3.53. The number of anilines is 2. The highest BCUT2D eigenvalue weighted by molar-refractivity contribution is 7.89. The van der Waals surface area contributed by atoms with Gasteiger partial charge in [0, 0.05) is 93.8 Å². The van der Waals surface area contributed by atoms with Crippen LogP contribution >= 0.6 is 11.6 Å². The predicted octanol–water partition coefficient (Wildman–Crippen LogP) is 2.54. The van der Waals surface area contributed by atoms with Gasteiger partial charge in [0.2, 0.25) is 21.8 Å². The van der Waals surface area contributed by atoms with Crippen LogP contribution in [0.5, 0.6) is 0 Å². The summed E-state index contributed by atoms with van der Waals surface area (Å²) in [5.41, 5.74) is 6.25. The summed E-state index contributed by atoms with van der Waals surface area (Å²) in [7, 11) is -3.82. The molecule has 2 amide bonds. The van der Waals surface area contributed by atoms with Crippen LogP contribution in [0.15, 0.2) is 41.3 Å². The van der Waals surface area contributed by atoms with Gasteiger partial charge in [-0.3, -0.25) is 9.59 Å². The molecule has 6 rings (SSSR count). The van der Waals surface area contributed by atoms with E-state index < -0.39 is 21.9 Å². The fourth-order valence-electron chi connectivity index (χ4n) is 6.76. The molecule has 1 aromatic carbocycles. The highest BCUT2D eigenvalue weighted by Crippen LogP contribution is 2.46. The maximum Gasteiger partial charge on any atom is 0.276 e. The number of benzene rings is 1. The van der Waals surface area contributed by atoms with E-state index in [1.165, 1.54) is 28.6 Å². The average Bonchev–Trinajstić information content (AvgIpc) is 3.37. The molecule has 1 atom stereocenters. The molecule has 250 valence electrons. The zero-order valence-electron chi connectivity index (χ0n) is 25.5. The lowest BCUT2D eigenvalue weighted by Crippen LogP contribution is -2.49. The fraction of sp³-hybridized carbons (Fsp3) is 0.581. The lowest BCUT2D eigenvalue weighted by molar-refractivity contribution is -0.129. The van der Waals surface area contributed by atoms with Crippen LogP contribution in [0.3, 0.4) is 0 Å². The zero-order chi connectivity index (χ0) is 32.6. The van der Waals surface area contributed by atoms with Gasteiger partial charge < -0.3 is 26.2 Å². The van der Waals surface area contributed by atoms with Gasteiger partial charge in [0.25, 0.3) is 5.92 Å². The molecule has 0 bridgehead atoms. The first-order valence-corrected chi connectivity index (χ1v) is 17.7. The Morgan fingerprint density at radius 1 is 1.07 bits per heavy atom. The Morgan fingerprint density at radius 2 is 1.74 bits per heavy atom. The summed E-state index contributed by atoms with van der Waals surface area (Å²) >= 11 is 6.25. The smallest absolute Gasteiger partial charge is 0.276 e.